The predicted molar refractivity (Wildman–Crippen MR) is 69.5 cm³/mol. The summed E-state index contributed by atoms with van der Waals surface area (Å²) < 4.78 is 13.9. The Balaban J connectivity index is 2.13. The molecule has 1 aliphatic carbocycles. The van der Waals surface area contributed by atoms with E-state index in [0.29, 0.717) is 17.3 Å². The van der Waals surface area contributed by atoms with E-state index in [-0.39, 0.29) is 11.2 Å². The highest BCUT2D eigenvalue weighted by Crippen LogP contribution is 2.60. The van der Waals surface area contributed by atoms with E-state index in [1.165, 1.54) is 6.07 Å². The van der Waals surface area contributed by atoms with Crippen LogP contribution in [0.25, 0.3) is 11.1 Å². The highest BCUT2D eigenvalue weighted by atomic mass is 19.1. The second-order valence-electron chi connectivity index (χ2n) is 5.62. The van der Waals surface area contributed by atoms with E-state index in [2.05, 4.69) is 24.0 Å². The van der Waals surface area contributed by atoms with Crippen molar-refractivity contribution in [2.75, 3.05) is 5.73 Å². The minimum absolute atomic E-state index is 0.249. The summed E-state index contributed by atoms with van der Waals surface area (Å²) in [5.74, 6) is 0.500. The van der Waals surface area contributed by atoms with Crippen LogP contribution < -0.4 is 5.73 Å². The quantitative estimate of drug-likeness (QED) is 0.852. The van der Waals surface area contributed by atoms with E-state index in [9.17, 15) is 4.39 Å². The molecule has 3 rings (SSSR count). The average molecular weight is 245 g/mol. The lowest BCUT2D eigenvalue weighted by Gasteiger charge is -2.07. The van der Waals surface area contributed by atoms with Crippen molar-refractivity contribution in [3.05, 3.63) is 35.8 Å². The first-order valence-electron chi connectivity index (χ1n) is 6.09. The lowest BCUT2D eigenvalue weighted by molar-refractivity contribution is 0.614. The SMILES string of the molecule is CC1(C)CC1c1[nH]nc(N)c1-c1ccccc1F. The molecule has 94 valence electrons. The van der Waals surface area contributed by atoms with Crippen LogP contribution in [-0.2, 0) is 0 Å². The van der Waals surface area contributed by atoms with Gasteiger partial charge in [0, 0.05) is 22.7 Å². The minimum Gasteiger partial charge on any atom is -0.382 e. The summed E-state index contributed by atoms with van der Waals surface area (Å²) in [4.78, 5) is 0. The molecule has 1 unspecified atom stereocenters. The van der Waals surface area contributed by atoms with Crippen LogP contribution in [-0.4, -0.2) is 10.2 Å². The Morgan fingerprint density at radius 1 is 1.39 bits per heavy atom. The van der Waals surface area contributed by atoms with Crippen LogP contribution in [0.5, 0.6) is 0 Å². The molecule has 0 aliphatic heterocycles. The molecule has 0 bridgehead atoms. The number of rotatable bonds is 2. The molecule has 0 radical (unpaired) electrons. The molecule has 1 aliphatic rings. The van der Waals surface area contributed by atoms with Gasteiger partial charge in [-0.15, -0.1) is 0 Å². The third-order valence-electron chi connectivity index (χ3n) is 3.83. The third kappa shape index (κ3) is 1.60. The van der Waals surface area contributed by atoms with Gasteiger partial charge < -0.3 is 5.73 Å². The lowest BCUT2D eigenvalue weighted by Crippen LogP contribution is -1.95. The molecule has 1 fully saturated rings. The van der Waals surface area contributed by atoms with Crippen molar-refractivity contribution in [3.8, 4) is 11.1 Å². The first-order valence-corrected chi connectivity index (χ1v) is 6.09. The van der Waals surface area contributed by atoms with Crippen molar-refractivity contribution in [2.24, 2.45) is 5.41 Å². The molecule has 0 saturated heterocycles. The molecular weight excluding hydrogens is 229 g/mol. The van der Waals surface area contributed by atoms with Crippen molar-refractivity contribution >= 4 is 5.82 Å². The second kappa shape index (κ2) is 3.57. The van der Waals surface area contributed by atoms with Gasteiger partial charge in [0.2, 0.25) is 0 Å². The number of H-pyrrole nitrogens is 1. The summed E-state index contributed by atoms with van der Waals surface area (Å²) in [6, 6.07) is 6.68. The van der Waals surface area contributed by atoms with Gasteiger partial charge in [-0.3, -0.25) is 5.10 Å². The van der Waals surface area contributed by atoms with Crippen LogP contribution in [0.3, 0.4) is 0 Å². The number of nitrogen functional groups attached to an aromatic ring is 1. The summed E-state index contributed by atoms with van der Waals surface area (Å²) in [5.41, 5.74) is 8.35. The second-order valence-corrected chi connectivity index (χ2v) is 5.62. The molecular formula is C14H16FN3. The van der Waals surface area contributed by atoms with Gasteiger partial charge in [-0.1, -0.05) is 32.0 Å². The van der Waals surface area contributed by atoms with Gasteiger partial charge >= 0.3 is 0 Å². The van der Waals surface area contributed by atoms with Crippen molar-refractivity contribution < 1.29 is 4.39 Å². The summed E-state index contributed by atoms with van der Waals surface area (Å²) >= 11 is 0. The van der Waals surface area contributed by atoms with Crippen LogP contribution in [0.15, 0.2) is 24.3 Å². The van der Waals surface area contributed by atoms with Gasteiger partial charge in [-0.2, -0.15) is 5.10 Å². The summed E-state index contributed by atoms with van der Waals surface area (Å²) in [7, 11) is 0. The van der Waals surface area contributed by atoms with E-state index in [4.69, 9.17) is 5.73 Å². The number of benzene rings is 1. The molecule has 0 spiro atoms. The molecule has 1 aromatic heterocycles. The van der Waals surface area contributed by atoms with Crippen molar-refractivity contribution in [3.63, 3.8) is 0 Å². The molecule has 3 N–H and O–H groups in total. The number of nitrogens with two attached hydrogens (primary N) is 1. The largest absolute Gasteiger partial charge is 0.382 e. The van der Waals surface area contributed by atoms with Gasteiger partial charge in [0.25, 0.3) is 0 Å². The topological polar surface area (TPSA) is 54.7 Å². The summed E-state index contributed by atoms with van der Waals surface area (Å²) in [6.45, 7) is 4.39. The van der Waals surface area contributed by atoms with E-state index in [0.717, 1.165) is 17.7 Å². The Labute approximate surface area is 105 Å². The van der Waals surface area contributed by atoms with Crippen molar-refractivity contribution in [1.29, 1.82) is 0 Å². The molecule has 1 saturated carbocycles. The number of hydrogen-bond donors (Lipinski definition) is 2. The number of hydrogen-bond acceptors (Lipinski definition) is 2. The lowest BCUT2D eigenvalue weighted by atomic mass is 9.99. The van der Waals surface area contributed by atoms with E-state index >= 15 is 0 Å². The molecule has 4 heteroatoms. The molecule has 2 aromatic rings. The smallest absolute Gasteiger partial charge is 0.153 e. The van der Waals surface area contributed by atoms with Crippen LogP contribution in [0.4, 0.5) is 10.2 Å². The zero-order valence-corrected chi connectivity index (χ0v) is 10.5. The number of nitrogens with zero attached hydrogens (tertiary/aromatic N) is 1. The molecule has 1 heterocycles. The molecule has 1 atom stereocenters. The number of anilines is 1. The minimum atomic E-state index is -0.259. The van der Waals surface area contributed by atoms with Crippen LogP contribution in [0.1, 0.15) is 31.9 Å². The maximum Gasteiger partial charge on any atom is 0.153 e. The Bertz CT molecular complexity index is 601. The Hall–Kier alpha value is -1.84. The zero-order chi connectivity index (χ0) is 12.9. The number of aromatic nitrogens is 2. The summed E-state index contributed by atoms with van der Waals surface area (Å²) in [6.07, 6.45) is 1.08. The normalized spacial score (nSPS) is 20.9. The monoisotopic (exact) mass is 245 g/mol. The standard InChI is InChI=1S/C14H16FN3/c1-14(2)7-9(14)12-11(13(16)18-17-12)8-5-3-4-6-10(8)15/h3-6,9H,7H2,1-2H3,(H3,16,17,18). The number of nitrogens with one attached hydrogen (secondary N) is 1. The summed E-state index contributed by atoms with van der Waals surface area (Å²) in [5, 5.41) is 7.02. The van der Waals surface area contributed by atoms with Gasteiger partial charge in [0.05, 0.1) is 0 Å². The fourth-order valence-corrected chi connectivity index (χ4v) is 2.53. The van der Waals surface area contributed by atoms with Crippen molar-refractivity contribution in [1.82, 2.24) is 10.2 Å². The zero-order valence-electron chi connectivity index (χ0n) is 10.5. The molecule has 18 heavy (non-hydrogen) atoms. The highest BCUT2D eigenvalue weighted by molar-refractivity contribution is 5.77. The Kier molecular flexibility index (Phi) is 2.24. The maximum absolute atomic E-state index is 13.9. The fraction of sp³-hybridized carbons (Fsp3) is 0.357. The van der Waals surface area contributed by atoms with E-state index < -0.39 is 0 Å². The van der Waals surface area contributed by atoms with Gasteiger partial charge in [0.1, 0.15) is 5.82 Å². The Morgan fingerprint density at radius 2 is 2.06 bits per heavy atom. The third-order valence-corrected chi connectivity index (χ3v) is 3.83. The van der Waals surface area contributed by atoms with E-state index in [1.807, 2.05) is 6.07 Å². The predicted octanol–water partition coefficient (Wildman–Crippen LogP) is 3.31. The molecule has 1 aromatic carbocycles. The Morgan fingerprint density at radius 3 is 2.67 bits per heavy atom. The van der Waals surface area contributed by atoms with Crippen LogP contribution in [0.2, 0.25) is 0 Å². The van der Waals surface area contributed by atoms with Gasteiger partial charge in [0.15, 0.2) is 5.82 Å². The fourth-order valence-electron chi connectivity index (χ4n) is 2.53. The molecule has 3 nitrogen and oxygen atoms in total. The highest BCUT2D eigenvalue weighted by Gasteiger charge is 2.49. The van der Waals surface area contributed by atoms with Crippen LogP contribution >= 0.6 is 0 Å². The van der Waals surface area contributed by atoms with Gasteiger partial charge in [-0.05, 0) is 17.9 Å². The first-order chi connectivity index (χ1) is 8.50. The average Bonchev–Trinajstić information content (AvgIpc) is 2.78. The molecule has 0 amide bonds. The maximum atomic E-state index is 13.9. The van der Waals surface area contributed by atoms with Crippen LogP contribution in [0, 0.1) is 11.2 Å². The number of aromatic amines is 1. The van der Waals surface area contributed by atoms with Crippen molar-refractivity contribution in [2.45, 2.75) is 26.2 Å². The van der Waals surface area contributed by atoms with E-state index in [1.54, 1.807) is 12.1 Å². The first kappa shape index (κ1) is 11.3. The number of halogens is 1. The van der Waals surface area contributed by atoms with Gasteiger partial charge in [-0.25, -0.2) is 4.39 Å².